The van der Waals surface area contributed by atoms with Gasteiger partial charge in [-0.3, -0.25) is 0 Å². The largest absolute Gasteiger partial charge is 0.204 e. The van der Waals surface area contributed by atoms with Crippen LogP contribution in [0.2, 0.25) is 0 Å². The monoisotopic (exact) mass is 244 g/mol. The first kappa shape index (κ1) is 10.2. The van der Waals surface area contributed by atoms with E-state index >= 15 is 0 Å². The number of hydrogen-bond acceptors (Lipinski definition) is 0. The lowest BCUT2D eigenvalue weighted by atomic mass is 10.2. The minimum atomic E-state index is -0.871. The Kier molecular flexibility index (Phi) is 3.91. The Balaban J connectivity index is 2.91. The Morgan fingerprint density at radius 2 is 2.08 bits per heavy atom. The van der Waals surface area contributed by atoms with Gasteiger partial charge in [0.15, 0.2) is 11.6 Å². The lowest BCUT2D eigenvalue weighted by Crippen LogP contribution is -1.88. The van der Waals surface area contributed by atoms with Crippen molar-refractivity contribution in [1.29, 1.82) is 0 Å². The summed E-state index contributed by atoms with van der Waals surface area (Å²) in [6.07, 6.45) is 0.621. The number of rotatable bonds is 1. The lowest BCUT2D eigenvalue weighted by Gasteiger charge is -1.93. The van der Waals surface area contributed by atoms with Crippen LogP contribution in [0.25, 0.3) is 0 Å². The van der Waals surface area contributed by atoms with Gasteiger partial charge in [-0.25, -0.2) is 8.78 Å². The highest BCUT2D eigenvalue weighted by Crippen LogP contribution is 2.09. The van der Waals surface area contributed by atoms with E-state index in [9.17, 15) is 8.78 Å². The second-order valence-corrected chi connectivity index (χ2v) is 3.14. The third-order valence-electron chi connectivity index (χ3n) is 1.39. The van der Waals surface area contributed by atoms with Gasteiger partial charge in [-0.05, 0) is 12.1 Å². The molecule has 1 rings (SSSR count). The van der Waals surface area contributed by atoms with Gasteiger partial charge in [0.2, 0.25) is 0 Å². The average molecular weight is 245 g/mol. The highest BCUT2D eigenvalue weighted by molar-refractivity contribution is 9.09. The van der Waals surface area contributed by atoms with Crippen molar-refractivity contribution in [3.05, 3.63) is 35.4 Å². The van der Waals surface area contributed by atoms with Gasteiger partial charge < -0.3 is 0 Å². The Morgan fingerprint density at radius 3 is 2.77 bits per heavy atom. The van der Waals surface area contributed by atoms with Gasteiger partial charge in [-0.1, -0.05) is 33.8 Å². The van der Waals surface area contributed by atoms with Crippen molar-refractivity contribution < 1.29 is 8.78 Å². The molecule has 13 heavy (non-hydrogen) atoms. The number of benzene rings is 1. The Morgan fingerprint density at radius 1 is 1.31 bits per heavy atom. The van der Waals surface area contributed by atoms with Crippen LogP contribution in [0.3, 0.4) is 0 Å². The fraction of sp³-hybridized carbons (Fsp3) is 0.200. The number of hydrogen-bond donors (Lipinski definition) is 0. The smallest absolute Gasteiger partial charge is 0.174 e. The van der Waals surface area contributed by atoms with E-state index in [1.165, 1.54) is 12.1 Å². The highest BCUT2D eigenvalue weighted by atomic mass is 79.9. The third kappa shape index (κ3) is 2.82. The number of alkyl halides is 1. The summed E-state index contributed by atoms with van der Waals surface area (Å²) >= 11 is 3.19. The molecule has 68 valence electrons. The summed E-state index contributed by atoms with van der Waals surface area (Å²) in [7, 11) is 0. The van der Waals surface area contributed by atoms with Crippen LogP contribution < -0.4 is 0 Å². The summed E-state index contributed by atoms with van der Waals surface area (Å²) < 4.78 is 25.6. The van der Waals surface area contributed by atoms with Crippen molar-refractivity contribution in [2.24, 2.45) is 0 Å². The predicted octanol–water partition coefficient (Wildman–Crippen LogP) is 3.10. The summed E-state index contributed by atoms with van der Waals surface area (Å²) in [6, 6.07) is 3.97. The summed E-state index contributed by atoms with van der Waals surface area (Å²) in [5.41, 5.74) is 0.112. The summed E-state index contributed by atoms with van der Waals surface area (Å²) in [5.74, 6) is 3.55. The molecule has 0 aliphatic carbocycles. The molecule has 0 heterocycles. The van der Waals surface area contributed by atoms with E-state index in [4.69, 9.17) is 0 Å². The maximum Gasteiger partial charge on any atom is 0.174 e. The second-order valence-electron chi connectivity index (χ2n) is 2.34. The highest BCUT2D eigenvalue weighted by Gasteiger charge is 2.03. The van der Waals surface area contributed by atoms with E-state index in [0.717, 1.165) is 11.4 Å². The zero-order chi connectivity index (χ0) is 9.68. The van der Waals surface area contributed by atoms with Gasteiger partial charge in [-0.15, -0.1) is 0 Å². The van der Waals surface area contributed by atoms with Crippen LogP contribution in [0.1, 0.15) is 12.0 Å². The fourth-order valence-corrected chi connectivity index (χ4v) is 1.00. The number of halogens is 3. The Hall–Kier alpha value is -0.880. The summed E-state index contributed by atoms with van der Waals surface area (Å²) in [6.45, 7) is 0. The van der Waals surface area contributed by atoms with Gasteiger partial charge in [0.05, 0.1) is 5.56 Å². The molecule has 3 heteroatoms. The fourth-order valence-electron chi connectivity index (χ4n) is 0.805. The van der Waals surface area contributed by atoms with Crippen molar-refractivity contribution in [1.82, 2.24) is 0 Å². The minimum Gasteiger partial charge on any atom is -0.204 e. The van der Waals surface area contributed by atoms with Crippen LogP contribution in [0.15, 0.2) is 18.2 Å². The van der Waals surface area contributed by atoms with E-state index in [-0.39, 0.29) is 5.56 Å². The van der Waals surface area contributed by atoms with Gasteiger partial charge in [-0.2, -0.15) is 0 Å². The molecule has 0 spiro atoms. The van der Waals surface area contributed by atoms with E-state index in [0.29, 0.717) is 6.42 Å². The molecule has 0 nitrogen and oxygen atoms in total. The zero-order valence-corrected chi connectivity index (χ0v) is 8.37. The first-order valence-corrected chi connectivity index (χ1v) is 4.86. The first-order valence-electron chi connectivity index (χ1n) is 3.74. The van der Waals surface area contributed by atoms with Crippen molar-refractivity contribution in [3.8, 4) is 11.8 Å². The molecule has 0 radical (unpaired) electrons. The molecule has 0 saturated heterocycles. The molecule has 0 atom stereocenters. The molecule has 0 aliphatic heterocycles. The molecule has 0 saturated carbocycles. The Labute approximate surface area is 84.1 Å². The van der Waals surface area contributed by atoms with E-state index in [1.54, 1.807) is 0 Å². The van der Waals surface area contributed by atoms with Gasteiger partial charge in [0.25, 0.3) is 0 Å². The van der Waals surface area contributed by atoms with Crippen LogP contribution in [0.4, 0.5) is 8.78 Å². The van der Waals surface area contributed by atoms with E-state index in [2.05, 4.69) is 27.8 Å². The molecule has 0 aromatic heterocycles. The van der Waals surface area contributed by atoms with Crippen molar-refractivity contribution in [2.75, 3.05) is 5.33 Å². The van der Waals surface area contributed by atoms with Crippen molar-refractivity contribution >= 4 is 15.9 Å². The van der Waals surface area contributed by atoms with Crippen LogP contribution in [-0.2, 0) is 0 Å². The molecule has 0 aliphatic rings. The normalized spacial score (nSPS) is 9.15. The maximum absolute atomic E-state index is 12.9. The van der Waals surface area contributed by atoms with Crippen LogP contribution >= 0.6 is 15.9 Å². The topological polar surface area (TPSA) is 0 Å². The summed E-state index contributed by atoms with van der Waals surface area (Å²) in [4.78, 5) is 0. The van der Waals surface area contributed by atoms with Gasteiger partial charge >= 0.3 is 0 Å². The SMILES string of the molecule is Fc1cccc(C#CCCBr)c1F. The van der Waals surface area contributed by atoms with Crippen LogP contribution in [0, 0.1) is 23.5 Å². The average Bonchev–Trinajstić information content (AvgIpc) is 2.13. The molecule has 1 aromatic rings. The van der Waals surface area contributed by atoms with Gasteiger partial charge in [0.1, 0.15) is 0 Å². The third-order valence-corrected chi connectivity index (χ3v) is 1.79. The molecule has 0 bridgehead atoms. The minimum absolute atomic E-state index is 0.112. The maximum atomic E-state index is 12.9. The molecule has 0 N–H and O–H groups in total. The second kappa shape index (κ2) is 4.98. The van der Waals surface area contributed by atoms with E-state index in [1.807, 2.05) is 0 Å². The quantitative estimate of drug-likeness (QED) is 0.526. The van der Waals surface area contributed by atoms with Gasteiger partial charge in [0, 0.05) is 11.8 Å². The lowest BCUT2D eigenvalue weighted by molar-refractivity contribution is 0.506. The summed E-state index contributed by atoms with van der Waals surface area (Å²) in [5, 5.41) is 0.733. The van der Waals surface area contributed by atoms with Crippen molar-refractivity contribution in [3.63, 3.8) is 0 Å². The molecular weight excluding hydrogens is 238 g/mol. The molecule has 0 fully saturated rings. The Bertz CT molecular complexity index is 350. The molecular formula is C10H7BrF2. The van der Waals surface area contributed by atoms with Crippen molar-refractivity contribution in [2.45, 2.75) is 6.42 Å². The standard InChI is InChI=1S/C10H7BrF2/c11-7-2-1-4-8-5-3-6-9(12)10(8)13/h3,5-6H,2,7H2. The van der Waals surface area contributed by atoms with E-state index < -0.39 is 11.6 Å². The van der Waals surface area contributed by atoms with Crippen LogP contribution in [0.5, 0.6) is 0 Å². The zero-order valence-electron chi connectivity index (χ0n) is 6.78. The molecule has 0 unspecified atom stereocenters. The first-order chi connectivity index (χ1) is 6.25. The van der Waals surface area contributed by atoms with Crippen LogP contribution in [-0.4, -0.2) is 5.33 Å². The molecule has 0 amide bonds. The predicted molar refractivity (Wildman–Crippen MR) is 51.6 cm³/mol. The molecule has 1 aromatic carbocycles.